The number of nitrogens with one attached hydrogen (secondary N) is 3. The predicted octanol–water partition coefficient (Wildman–Crippen LogP) is 4.95. The topological polar surface area (TPSA) is 79.5 Å². The molecule has 6 heteroatoms. The van der Waals surface area contributed by atoms with Gasteiger partial charge in [-0.2, -0.15) is 0 Å². The normalized spacial score (nSPS) is 10.5. The van der Waals surface area contributed by atoms with E-state index in [2.05, 4.69) is 28.1 Å². The smallest absolute Gasteiger partial charge is 0.243 e. The van der Waals surface area contributed by atoms with E-state index in [4.69, 9.17) is 4.74 Å². The third-order valence-corrected chi connectivity index (χ3v) is 4.73. The zero-order valence-corrected chi connectivity index (χ0v) is 18.4. The van der Waals surface area contributed by atoms with Crippen LogP contribution in [0.1, 0.15) is 19.4 Å². The fraction of sp³-hybridized carbons (Fsp3) is 0.231. The van der Waals surface area contributed by atoms with Gasteiger partial charge in [-0.3, -0.25) is 9.59 Å². The molecule has 0 fully saturated rings. The lowest BCUT2D eigenvalue weighted by Crippen LogP contribution is -2.22. The first kappa shape index (κ1) is 22.9. The van der Waals surface area contributed by atoms with Crippen LogP contribution >= 0.6 is 0 Å². The minimum atomic E-state index is -0.178. The number of carbonyl (C=O) groups excluding carboxylic acids is 2. The second kappa shape index (κ2) is 11.6. The molecule has 3 aromatic rings. The minimum absolute atomic E-state index is 0.0502. The van der Waals surface area contributed by atoms with Crippen molar-refractivity contribution in [2.45, 2.75) is 20.3 Å². The maximum atomic E-state index is 12.4. The van der Waals surface area contributed by atoms with Gasteiger partial charge in [0.1, 0.15) is 5.75 Å². The van der Waals surface area contributed by atoms with E-state index >= 15 is 0 Å². The summed E-state index contributed by atoms with van der Waals surface area (Å²) < 4.78 is 5.82. The Balaban J connectivity index is 1.47. The van der Waals surface area contributed by atoms with Crippen molar-refractivity contribution in [3.8, 4) is 5.75 Å². The van der Waals surface area contributed by atoms with E-state index in [9.17, 15) is 9.59 Å². The van der Waals surface area contributed by atoms with Crippen LogP contribution in [-0.4, -0.2) is 25.0 Å². The van der Waals surface area contributed by atoms with Gasteiger partial charge in [0, 0.05) is 35.5 Å². The number of carbonyl (C=O) groups is 2. The minimum Gasteiger partial charge on any atom is -0.493 e. The summed E-state index contributed by atoms with van der Waals surface area (Å²) >= 11 is 0. The molecule has 3 N–H and O–H groups in total. The quantitative estimate of drug-likeness (QED) is 0.424. The van der Waals surface area contributed by atoms with E-state index in [-0.39, 0.29) is 24.3 Å². The molecule has 166 valence electrons. The Hall–Kier alpha value is -3.80. The third kappa shape index (κ3) is 7.47. The van der Waals surface area contributed by atoms with Crippen LogP contribution in [0.15, 0.2) is 78.9 Å². The monoisotopic (exact) mass is 431 g/mol. The maximum absolute atomic E-state index is 12.4. The van der Waals surface area contributed by atoms with E-state index in [1.807, 2.05) is 74.5 Å². The Morgan fingerprint density at radius 2 is 1.50 bits per heavy atom. The van der Waals surface area contributed by atoms with Crippen molar-refractivity contribution in [3.63, 3.8) is 0 Å². The summed E-state index contributed by atoms with van der Waals surface area (Å²) in [7, 11) is 0. The number of benzene rings is 3. The van der Waals surface area contributed by atoms with Crippen molar-refractivity contribution in [1.82, 2.24) is 0 Å². The number of amides is 2. The van der Waals surface area contributed by atoms with Crippen LogP contribution in [0.5, 0.6) is 5.75 Å². The van der Waals surface area contributed by atoms with Gasteiger partial charge in [0.2, 0.25) is 11.8 Å². The highest BCUT2D eigenvalue weighted by molar-refractivity contribution is 5.94. The number of rotatable bonds is 10. The van der Waals surface area contributed by atoms with Gasteiger partial charge in [-0.1, -0.05) is 56.3 Å². The van der Waals surface area contributed by atoms with Crippen molar-refractivity contribution >= 4 is 28.9 Å². The van der Waals surface area contributed by atoms with Gasteiger partial charge < -0.3 is 20.7 Å². The van der Waals surface area contributed by atoms with Crippen LogP contribution in [0.4, 0.5) is 17.1 Å². The second-order valence-electron chi connectivity index (χ2n) is 7.74. The molecule has 32 heavy (non-hydrogen) atoms. The Morgan fingerprint density at radius 1 is 0.812 bits per heavy atom. The Kier molecular flexibility index (Phi) is 8.26. The molecular formula is C26H29N3O3. The zero-order valence-electron chi connectivity index (χ0n) is 18.4. The predicted molar refractivity (Wildman–Crippen MR) is 129 cm³/mol. The van der Waals surface area contributed by atoms with E-state index in [1.165, 1.54) is 5.56 Å². The first-order valence-corrected chi connectivity index (χ1v) is 10.7. The van der Waals surface area contributed by atoms with Gasteiger partial charge in [-0.25, -0.2) is 0 Å². The molecule has 3 aromatic carbocycles. The standard InChI is InChI=1S/C26H29N3O3/c1-19(2)26(31)29-22-11-6-10-21(16-22)27-18-25(30)28-23-12-7-13-24(17-23)32-15-14-20-8-4-3-5-9-20/h3-13,16-17,19,27H,14-15,18H2,1-2H3,(H,28,30)(H,29,31). The van der Waals surface area contributed by atoms with Gasteiger partial charge >= 0.3 is 0 Å². The van der Waals surface area contributed by atoms with Gasteiger partial charge in [0.05, 0.1) is 13.2 Å². The highest BCUT2D eigenvalue weighted by atomic mass is 16.5. The number of hydrogen-bond donors (Lipinski definition) is 3. The molecule has 0 aliphatic heterocycles. The summed E-state index contributed by atoms with van der Waals surface area (Å²) in [5, 5.41) is 8.80. The first-order chi connectivity index (χ1) is 15.5. The van der Waals surface area contributed by atoms with Crippen molar-refractivity contribution in [2.75, 3.05) is 29.1 Å². The summed E-state index contributed by atoms with van der Waals surface area (Å²) in [6.07, 6.45) is 0.817. The molecule has 0 spiro atoms. The van der Waals surface area contributed by atoms with Crippen LogP contribution in [-0.2, 0) is 16.0 Å². The summed E-state index contributed by atoms with van der Waals surface area (Å²) in [6, 6.07) is 24.8. The van der Waals surface area contributed by atoms with Crippen molar-refractivity contribution in [3.05, 3.63) is 84.4 Å². The van der Waals surface area contributed by atoms with E-state index < -0.39 is 0 Å². The largest absolute Gasteiger partial charge is 0.493 e. The molecule has 0 unspecified atom stereocenters. The maximum Gasteiger partial charge on any atom is 0.243 e. The Bertz CT molecular complexity index is 1040. The number of ether oxygens (including phenoxy) is 1. The fourth-order valence-electron chi connectivity index (χ4n) is 2.98. The molecule has 0 atom stereocenters. The SMILES string of the molecule is CC(C)C(=O)Nc1cccc(NCC(=O)Nc2cccc(OCCc3ccccc3)c2)c1. The van der Waals surface area contributed by atoms with Crippen LogP contribution < -0.4 is 20.7 Å². The van der Waals surface area contributed by atoms with E-state index in [0.717, 1.165) is 12.1 Å². The van der Waals surface area contributed by atoms with Crippen LogP contribution in [0.25, 0.3) is 0 Å². The first-order valence-electron chi connectivity index (χ1n) is 10.7. The lowest BCUT2D eigenvalue weighted by Gasteiger charge is -2.12. The summed E-state index contributed by atoms with van der Waals surface area (Å²) in [6.45, 7) is 4.34. The summed E-state index contributed by atoms with van der Waals surface area (Å²) in [5.74, 6) is 0.379. The van der Waals surface area contributed by atoms with Crippen molar-refractivity contribution in [2.24, 2.45) is 5.92 Å². The molecule has 0 aromatic heterocycles. The zero-order chi connectivity index (χ0) is 22.8. The molecule has 0 heterocycles. The average molecular weight is 432 g/mol. The third-order valence-electron chi connectivity index (χ3n) is 4.73. The molecule has 0 radical (unpaired) electrons. The molecule has 0 aliphatic carbocycles. The number of anilines is 3. The van der Waals surface area contributed by atoms with E-state index in [0.29, 0.717) is 23.7 Å². The fourth-order valence-corrected chi connectivity index (χ4v) is 2.98. The van der Waals surface area contributed by atoms with Crippen molar-refractivity contribution < 1.29 is 14.3 Å². The van der Waals surface area contributed by atoms with Crippen LogP contribution in [0, 0.1) is 5.92 Å². The van der Waals surface area contributed by atoms with E-state index in [1.54, 1.807) is 6.07 Å². The molecule has 0 aliphatic rings. The van der Waals surface area contributed by atoms with Gasteiger partial charge in [0.15, 0.2) is 0 Å². The number of hydrogen-bond acceptors (Lipinski definition) is 4. The van der Waals surface area contributed by atoms with Gasteiger partial charge in [-0.05, 0) is 35.9 Å². The second-order valence-corrected chi connectivity index (χ2v) is 7.74. The molecule has 0 bridgehead atoms. The summed E-state index contributed by atoms with van der Waals surface area (Å²) in [4.78, 5) is 24.2. The molecule has 0 saturated carbocycles. The van der Waals surface area contributed by atoms with Crippen molar-refractivity contribution in [1.29, 1.82) is 0 Å². The van der Waals surface area contributed by atoms with Crippen LogP contribution in [0.3, 0.4) is 0 Å². The highest BCUT2D eigenvalue weighted by Gasteiger charge is 2.08. The van der Waals surface area contributed by atoms with Gasteiger partial charge in [0.25, 0.3) is 0 Å². The Morgan fingerprint density at radius 3 is 2.25 bits per heavy atom. The lowest BCUT2D eigenvalue weighted by molar-refractivity contribution is -0.119. The van der Waals surface area contributed by atoms with Crippen LogP contribution in [0.2, 0.25) is 0 Å². The van der Waals surface area contributed by atoms with Gasteiger partial charge in [-0.15, -0.1) is 0 Å². The highest BCUT2D eigenvalue weighted by Crippen LogP contribution is 2.18. The molecule has 0 saturated heterocycles. The molecule has 6 nitrogen and oxygen atoms in total. The lowest BCUT2D eigenvalue weighted by atomic mass is 10.2. The molecule has 3 rings (SSSR count). The molecular weight excluding hydrogens is 402 g/mol. The Labute approximate surface area is 189 Å². The average Bonchev–Trinajstić information content (AvgIpc) is 2.79. The summed E-state index contributed by atoms with van der Waals surface area (Å²) in [5.41, 5.74) is 3.33. The molecule has 2 amide bonds.